The maximum atomic E-state index is 14.1. The lowest BCUT2D eigenvalue weighted by Gasteiger charge is -2.18. The van der Waals surface area contributed by atoms with Gasteiger partial charge in [0.05, 0.1) is 16.9 Å². The van der Waals surface area contributed by atoms with Gasteiger partial charge in [0.1, 0.15) is 12.4 Å². The van der Waals surface area contributed by atoms with E-state index in [1.54, 1.807) is 29.6 Å². The van der Waals surface area contributed by atoms with Gasteiger partial charge in [-0.1, -0.05) is 29.3 Å². The van der Waals surface area contributed by atoms with Crippen molar-refractivity contribution >= 4 is 34.0 Å². The summed E-state index contributed by atoms with van der Waals surface area (Å²) < 4.78 is 19.4. The van der Waals surface area contributed by atoms with Gasteiger partial charge in [0.2, 0.25) is 5.91 Å². The molecule has 0 aliphatic rings. The zero-order valence-corrected chi connectivity index (χ0v) is 16.5. The molecule has 0 fully saturated rings. The standard InChI is InChI=1S/C21H19FN2O3S/c1-13-8-14(2)10-16(9-13)20(26)27-11-17-12-28-21(23-17)24(15(3)25)19-7-5-4-6-18(19)22/h4-10,12H,11H2,1-3H3. The summed E-state index contributed by atoms with van der Waals surface area (Å²) in [5, 5.41) is 2.00. The lowest BCUT2D eigenvalue weighted by molar-refractivity contribution is -0.115. The number of para-hydroxylation sites is 1. The van der Waals surface area contributed by atoms with E-state index < -0.39 is 11.8 Å². The van der Waals surface area contributed by atoms with Crippen molar-refractivity contribution < 1.29 is 18.7 Å². The van der Waals surface area contributed by atoms with Crippen molar-refractivity contribution in [1.29, 1.82) is 0 Å². The number of ether oxygens (including phenoxy) is 1. The van der Waals surface area contributed by atoms with E-state index in [1.165, 1.54) is 35.3 Å². The van der Waals surface area contributed by atoms with Crippen LogP contribution in [0.3, 0.4) is 0 Å². The Balaban J connectivity index is 1.75. The van der Waals surface area contributed by atoms with Gasteiger partial charge in [0.15, 0.2) is 5.13 Å². The molecule has 1 amide bonds. The summed E-state index contributed by atoms with van der Waals surface area (Å²) in [4.78, 5) is 29.9. The Hall–Kier alpha value is -3.06. The summed E-state index contributed by atoms with van der Waals surface area (Å²) in [6, 6.07) is 11.5. The number of carbonyl (C=O) groups excluding carboxylic acids is 2. The maximum Gasteiger partial charge on any atom is 0.338 e. The predicted molar refractivity (Wildman–Crippen MR) is 106 cm³/mol. The fourth-order valence-electron chi connectivity index (χ4n) is 2.82. The molecule has 5 nitrogen and oxygen atoms in total. The Labute approximate surface area is 166 Å². The van der Waals surface area contributed by atoms with E-state index in [1.807, 2.05) is 19.9 Å². The molecule has 0 saturated heterocycles. The number of halogens is 1. The molecule has 1 aromatic heterocycles. The summed E-state index contributed by atoms with van der Waals surface area (Å²) in [5.74, 6) is -1.33. The van der Waals surface area contributed by atoms with Crippen molar-refractivity contribution in [3.05, 3.63) is 76.0 Å². The van der Waals surface area contributed by atoms with Crippen LogP contribution >= 0.6 is 11.3 Å². The molecule has 1 heterocycles. The van der Waals surface area contributed by atoms with Crippen molar-refractivity contribution in [3.8, 4) is 0 Å². The molecule has 0 radical (unpaired) electrons. The largest absolute Gasteiger partial charge is 0.456 e. The average Bonchev–Trinajstić information content (AvgIpc) is 3.09. The third-order valence-corrected chi connectivity index (χ3v) is 4.82. The van der Waals surface area contributed by atoms with Crippen LogP contribution in [0.5, 0.6) is 0 Å². The normalized spacial score (nSPS) is 10.6. The first-order valence-corrected chi connectivity index (χ1v) is 9.48. The quantitative estimate of drug-likeness (QED) is 0.571. The summed E-state index contributed by atoms with van der Waals surface area (Å²) >= 11 is 1.18. The van der Waals surface area contributed by atoms with Crippen molar-refractivity contribution in [2.75, 3.05) is 4.90 Å². The number of hydrogen-bond acceptors (Lipinski definition) is 5. The van der Waals surface area contributed by atoms with E-state index in [2.05, 4.69) is 4.98 Å². The van der Waals surface area contributed by atoms with Gasteiger partial charge in [-0.05, 0) is 38.1 Å². The smallest absolute Gasteiger partial charge is 0.338 e. The highest BCUT2D eigenvalue weighted by molar-refractivity contribution is 7.14. The Bertz CT molecular complexity index is 1010. The first-order valence-electron chi connectivity index (χ1n) is 8.60. The van der Waals surface area contributed by atoms with Crippen LogP contribution in [0, 0.1) is 19.7 Å². The molecule has 0 spiro atoms. The van der Waals surface area contributed by atoms with E-state index >= 15 is 0 Å². The number of amides is 1. The number of anilines is 2. The van der Waals surface area contributed by atoms with Gasteiger partial charge in [-0.25, -0.2) is 14.2 Å². The van der Waals surface area contributed by atoms with Crippen LogP contribution < -0.4 is 4.90 Å². The van der Waals surface area contributed by atoms with E-state index in [0.29, 0.717) is 16.4 Å². The van der Waals surface area contributed by atoms with Gasteiger partial charge in [-0.15, -0.1) is 11.3 Å². The first kappa shape index (κ1) is 19.7. The third kappa shape index (κ3) is 4.43. The van der Waals surface area contributed by atoms with Crippen LogP contribution in [0.15, 0.2) is 47.8 Å². The monoisotopic (exact) mass is 398 g/mol. The second-order valence-corrected chi connectivity index (χ2v) is 7.22. The van der Waals surface area contributed by atoms with Crippen molar-refractivity contribution in [3.63, 3.8) is 0 Å². The first-order chi connectivity index (χ1) is 13.3. The van der Waals surface area contributed by atoms with Crippen molar-refractivity contribution in [2.45, 2.75) is 27.4 Å². The Kier molecular flexibility index (Phi) is 5.84. The van der Waals surface area contributed by atoms with Gasteiger partial charge in [-0.2, -0.15) is 0 Å². The molecule has 28 heavy (non-hydrogen) atoms. The topological polar surface area (TPSA) is 59.5 Å². The van der Waals surface area contributed by atoms with Crippen molar-refractivity contribution in [2.24, 2.45) is 0 Å². The van der Waals surface area contributed by atoms with E-state index in [4.69, 9.17) is 4.74 Å². The van der Waals surface area contributed by atoms with Crippen molar-refractivity contribution in [1.82, 2.24) is 4.98 Å². The van der Waals surface area contributed by atoms with Gasteiger partial charge >= 0.3 is 5.97 Å². The summed E-state index contributed by atoms with van der Waals surface area (Å²) in [7, 11) is 0. The highest BCUT2D eigenvalue weighted by Crippen LogP contribution is 2.30. The second-order valence-electron chi connectivity index (χ2n) is 6.38. The molecule has 3 rings (SSSR count). The van der Waals surface area contributed by atoms with Crippen LogP contribution in [0.4, 0.5) is 15.2 Å². The van der Waals surface area contributed by atoms with E-state index in [0.717, 1.165) is 11.1 Å². The molecule has 0 N–H and O–H groups in total. The number of thiazole rings is 1. The zero-order chi connectivity index (χ0) is 20.3. The second kappa shape index (κ2) is 8.31. The predicted octanol–water partition coefficient (Wildman–Crippen LogP) is 4.94. The molecule has 0 aliphatic carbocycles. The van der Waals surface area contributed by atoms with E-state index in [9.17, 15) is 14.0 Å². The zero-order valence-electron chi connectivity index (χ0n) is 15.7. The number of hydrogen-bond donors (Lipinski definition) is 0. The molecule has 7 heteroatoms. The Morgan fingerprint density at radius 1 is 1.14 bits per heavy atom. The highest BCUT2D eigenvalue weighted by atomic mass is 32.1. The molecule has 0 aliphatic heterocycles. The minimum absolute atomic E-state index is 0.0364. The summed E-state index contributed by atoms with van der Waals surface area (Å²) in [5.41, 5.74) is 3.04. The number of nitrogens with zero attached hydrogens (tertiary/aromatic N) is 2. The highest BCUT2D eigenvalue weighted by Gasteiger charge is 2.21. The van der Waals surface area contributed by atoms with Crippen LogP contribution in [0.2, 0.25) is 0 Å². The SMILES string of the molecule is CC(=O)N(c1nc(COC(=O)c2cc(C)cc(C)c2)cs1)c1ccccc1F. The molecule has 3 aromatic rings. The molecule has 0 atom stereocenters. The number of aromatic nitrogens is 1. The van der Waals surface area contributed by atoms with Crippen LogP contribution in [0.1, 0.15) is 34.1 Å². The van der Waals surface area contributed by atoms with Gasteiger partial charge < -0.3 is 4.74 Å². The van der Waals surface area contributed by atoms with Gasteiger partial charge in [0, 0.05) is 12.3 Å². The molecule has 0 bridgehead atoms. The number of esters is 1. The van der Waals surface area contributed by atoms with Gasteiger partial charge in [0.25, 0.3) is 0 Å². The lowest BCUT2D eigenvalue weighted by atomic mass is 10.1. The molecular formula is C21H19FN2O3S. The summed E-state index contributed by atoms with van der Waals surface area (Å²) in [6.07, 6.45) is 0. The maximum absolute atomic E-state index is 14.1. The molecule has 144 valence electrons. The molecular weight excluding hydrogens is 379 g/mol. The van der Waals surface area contributed by atoms with E-state index in [-0.39, 0.29) is 18.2 Å². The van der Waals surface area contributed by atoms with Crippen LogP contribution in [-0.4, -0.2) is 16.9 Å². The number of rotatable bonds is 5. The number of benzene rings is 2. The van der Waals surface area contributed by atoms with Crippen LogP contribution in [0.25, 0.3) is 0 Å². The third-order valence-electron chi connectivity index (χ3n) is 3.95. The summed E-state index contributed by atoms with van der Waals surface area (Å²) in [6.45, 7) is 5.13. The molecule has 0 unspecified atom stereocenters. The number of carbonyl (C=O) groups is 2. The minimum atomic E-state index is -0.518. The molecule has 2 aromatic carbocycles. The number of aryl methyl sites for hydroxylation is 2. The minimum Gasteiger partial charge on any atom is -0.456 e. The van der Waals surface area contributed by atoms with Gasteiger partial charge in [-0.3, -0.25) is 9.69 Å². The fraction of sp³-hybridized carbons (Fsp3) is 0.190. The van der Waals surface area contributed by atoms with Crippen LogP contribution in [-0.2, 0) is 16.1 Å². The lowest BCUT2D eigenvalue weighted by Crippen LogP contribution is -2.23. The fourth-order valence-corrected chi connectivity index (χ4v) is 3.69. The molecule has 0 saturated carbocycles. The average molecular weight is 398 g/mol. The Morgan fingerprint density at radius 2 is 1.82 bits per heavy atom. The Morgan fingerprint density at radius 3 is 2.46 bits per heavy atom.